The summed E-state index contributed by atoms with van der Waals surface area (Å²) in [6.45, 7) is 9.60. The first-order valence-corrected chi connectivity index (χ1v) is 5.91. The highest BCUT2D eigenvalue weighted by Gasteiger charge is 2.03. The van der Waals surface area contributed by atoms with Gasteiger partial charge in [0.15, 0.2) is 0 Å². The Morgan fingerprint density at radius 2 is 2.13 bits per heavy atom. The van der Waals surface area contributed by atoms with Crippen molar-refractivity contribution in [2.75, 3.05) is 0 Å². The second-order valence-electron chi connectivity index (χ2n) is 4.45. The van der Waals surface area contributed by atoms with E-state index in [1.165, 1.54) is 12.8 Å². The highest BCUT2D eigenvalue weighted by Crippen LogP contribution is 2.04. The Labute approximate surface area is 92.9 Å². The maximum Gasteiger partial charge on any atom is 0.0762 e. The molecule has 0 radical (unpaired) electrons. The van der Waals surface area contributed by atoms with E-state index in [1.54, 1.807) is 0 Å². The van der Waals surface area contributed by atoms with Crippen LogP contribution in [-0.2, 0) is 6.54 Å². The standard InChI is InChI=1S/C12H23N3/c1-5-6-11(4)13-9-12-7-8-15(14-12)10(2)3/h7-8,10-11,13H,5-6,9H2,1-4H3. The van der Waals surface area contributed by atoms with Gasteiger partial charge in [-0.15, -0.1) is 0 Å². The summed E-state index contributed by atoms with van der Waals surface area (Å²) >= 11 is 0. The molecule has 1 rings (SSSR count). The van der Waals surface area contributed by atoms with Gasteiger partial charge in [0.1, 0.15) is 0 Å². The third kappa shape index (κ3) is 4.04. The van der Waals surface area contributed by atoms with Crippen LogP contribution in [0.5, 0.6) is 0 Å². The van der Waals surface area contributed by atoms with Crippen molar-refractivity contribution >= 4 is 0 Å². The molecule has 3 nitrogen and oxygen atoms in total. The molecule has 0 aliphatic rings. The Morgan fingerprint density at radius 3 is 2.67 bits per heavy atom. The average molecular weight is 209 g/mol. The monoisotopic (exact) mass is 209 g/mol. The SMILES string of the molecule is CCCC(C)NCc1ccn(C(C)C)n1. The van der Waals surface area contributed by atoms with Crippen LogP contribution >= 0.6 is 0 Å². The number of nitrogens with one attached hydrogen (secondary N) is 1. The summed E-state index contributed by atoms with van der Waals surface area (Å²) in [5, 5.41) is 7.97. The van der Waals surface area contributed by atoms with Crippen molar-refractivity contribution in [2.45, 2.75) is 59.2 Å². The van der Waals surface area contributed by atoms with Crippen LogP contribution in [0, 0.1) is 0 Å². The van der Waals surface area contributed by atoms with Crippen molar-refractivity contribution in [3.05, 3.63) is 18.0 Å². The van der Waals surface area contributed by atoms with Crippen LogP contribution in [0.2, 0.25) is 0 Å². The zero-order valence-corrected chi connectivity index (χ0v) is 10.3. The fraction of sp³-hybridized carbons (Fsp3) is 0.750. The van der Waals surface area contributed by atoms with Crippen LogP contribution in [0.3, 0.4) is 0 Å². The molecule has 1 aromatic heterocycles. The second-order valence-corrected chi connectivity index (χ2v) is 4.45. The molecule has 1 atom stereocenters. The molecule has 1 unspecified atom stereocenters. The summed E-state index contributed by atoms with van der Waals surface area (Å²) < 4.78 is 2.00. The lowest BCUT2D eigenvalue weighted by Gasteiger charge is -2.11. The van der Waals surface area contributed by atoms with E-state index < -0.39 is 0 Å². The number of nitrogens with zero attached hydrogens (tertiary/aromatic N) is 2. The first-order valence-electron chi connectivity index (χ1n) is 5.91. The number of aromatic nitrogens is 2. The molecule has 3 heteroatoms. The molecule has 0 spiro atoms. The van der Waals surface area contributed by atoms with Gasteiger partial charge in [0.05, 0.1) is 5.69 Å². The summed E-state index contributed by atoms with van der Waals surface area (Å²) in [6, 6.07) is 3.12. The molecule has 0 amide bonds. The minimum absolute atomic E-state index is 0.451. The van der Waals surface area contributed by atoms with E-state index in [0.717, 1.165) is 12.2 Å². The predicted octanol–water partition coefficient (Wildman–Crippen LogP) is 2.74. The number of rotatable bonds is 6. The summed E-state index contributed by atoms with van der Waals surface area (Å²) in [7, 11) is 0. The van der Waals surface area contributed by atoms with Gasteiger partial charge in [0.2, 0.25) is 0 Å². The molecule has 1 N–H and O–H groups in total. The number of hydrogen-bond donors (Lipinski definition) is 1. The van der Waals surface area contributed by atoms with E-state index in [9.17, 15) is 0 Å². The molecule has 1 heterocycles. The minimum atomic E-state index is 0.451. The van der Waals surface area contributed by atoms with Gasteiger partial charge in [-0.1, -0.05) is 13.3 Å². The largest absolute Gasteiger partial charge is 0.309 e. The van der Waals surface area contributed by atoms with Crippen molar-refractivity contribution in [2.24, 2.45) is 0 Å². The van der Waals surface area contributed by atoms with E-state index >= 15 is 0 Å². The Bertz CT molecular complexity index is 278. The summed E-state index contributed by atoms with van der Waals surface area (Å²) in [6.07, 6.45) is 4.51. The van der Waals surface area contributed by atoms with Gasteiger partial charge in [-0.2, -0.15) is 5.10 Å². The fourth-order valence-corrected chi connectivity index (χ4v) is 1.57. The van der Waals surface area contributed by atoms with Gasteiger partial charge in [-0.3, -0.25) is 4.68 Å². The molecule has 0 aliphatic carbocycles. The van der Waals surface area contributed by atoms with E-state index in [0.29, 0.717) is 12.1 Å². The van der Waals surface area contributed by atoms with E-state index in [1.807, 2.05) is 10.9 Å². The average Bonchev–Trinajstić information content (AvgIpc) is 2.63. The van der Waals surface area contributed by atoms with Crippen molar-refractivity contribution in [1.29, 1.82) is 0 Å². The van der Waals surface area contributed by atoms with E-state index in [4.69, 9.17) is 0 Å². The van der Waals surface area contributed by atoms with Crippen LogP contribution in [0.1, 0.15) is 52.3 Å². The van der Waals surface area contributed by atoms with Gasteiger partial charge in [0.25, 0.3) is 0 Å². The first-order chi connectivity index (χ1) is 7.13. The number of hydrogen-bond acceptors (Lipinski definition) is 2. The molecular weight excluding hydrogens is 186 g/mol. The topological polar surface area (TPSA) is 29.9 Å². The van der Waals surface area contributed by atoms with Crippen LogP contribution < -0.4 is 5.32 Å². The zero-order valence-electron chi connectivity index (χ0n) is 10.3. The maximum absolute atomic E-state index is 4.50. The highest BCUT2D eigenvalue weighted by molar-refractivity contribution is 4.99. The molecule has 1 aromatic rings. The quantitative estimate of drug-likeness (QED) is 0.780. The zero-order chi connectivity index (χ0) is 11.3. The van der Waals surface area contributed by atoms with Gasteiger partial charge >= 0.3 is 0 Å². The second kappa shape index (κ2) is 5.91. The van der Waals surface area contributed by atoms with Crippen LogP contribution in [-0.4, -0.2) is 15.8 Å². The van der Waals surface area contributed by atoms with Crippen molar-refractivity contribution in [3.8, 4) is 0 Å². The lowest BCUT2D eigenvalue weighted by molar-refractivity contribution is 0.489. The van der Waals surface area contributed by atoms with Crippen molar-refractivity contribution in [1.82, 2.24) is 15.1 Å². The highest BCUT2D eigenvalue weighted by atomic mass is 15.3. The predicted molar refractivity (Wildman–Crippen MR) is 63.8 cm³/mol. The molecule has 0 aromatic carbocycles. The summed E-state index contributed by atoms with van der Waals surface area (Å²) in [5.41, 5.74) is 1.13. The van der Waals surface area contributed by atoms with Crippen molar-refractivity contribution < 1.29 is 0 Å². The van der Waals surface area contributed by atoms with E-state index in [-0.39, 0.29) is 0 Å². The molecule has 0 aliphatic heterocycles. The van der Waals surface area contributed by atoms with Crippen LogP contribution in [0.4, 0.5) is 0 Å². The third-order valence-corrected chi connectivity index (χ3v) is 2.55. The molecular formula is C12H23N3. The van der Waals surface area contributed by atoms with Crippen LogP contribution in [0.15, 0.2) is 12.3 Å². The maximum atomic E-state index is 4.50. The van der Waals surface area contributed by atoms with Gasteiger partial charge < -0.3 is 5.32 Å². The Kier molecular flexibility index (Phi) is 4.82. The summed E-state index contributed by atoms with van der Waals surface area (Å²) in [5.74, 6) is 0. The summed E-state index contributed by atoms with van der Waals surface area (Å²) in [4.78, 5) is 0. The normalized spacial score (nSPS) is 13.4. The smallest absolute Gasteiger partial charge is 0.0762 e. The third-order valence-electron chi connectivity index (χ3n) is 2.55. The Morgan fingerprint density at radius 1 is 1.40 bits per heavy atom. The molecule has 0 saturated heterocycles. The molecule has 15 heavy (non-hydrogen) atoms. The lowest BCUT2D eigenvalue weighted by atomic mass is 10.2. The van der Waals surface area contributed by atoms with Crippen LogP contribution in [0.25, 0.3) is 0 Å². The Balaban J connectivity index is 2.37. The molecule has 0 saturated carbocycles. The molecule has 0 fully saturated rings. The minimum Gasteiger partial charge on any atom is -0.309 e. The van der Waals surface area contributed by atoms with Gasteiger partial charge in [-0.05, 0) is 33.3 Å². The van der Waals surface area contributed by atoms with Gasteiger partial charge in [-0.25, -0.2) is 0 Å². The van der Waals surface area contributed by atoms with Gasteiger partial charge in [0, 0.05) is 24.8 Å². The van der Waals surface area contributed by atoms with Crippen molar-refractivity contribution in [3.63, 3.8) is 0 Å². The molecule has 86 valence electrons. The van der Waals surface area contributed by atoms with E-state index in [2.05, 4.69) is 44.2 Å². The lowest BCUT2D eigenvalue weighted by Crippen LogP contribution is -2.25. The molecule has 0 bridgehead atoms. The fourth-order valence-electron chi connectivity index (χ4n) is 1.57. The first kappa shape index (κ1) is 12.2. The Hall–Kier alpha value is -0.830.